The fourth-order valence-corrected chi connectivity index (χ4v) is 2.07. The third-order valence-electron chi connectivity index (χ3n) is 3.07. The van der Waals surface area contributed by atoms with Crippen molar-refractivity contribution in [1.29, 1.82) is 0 Å². The number of nitrogens with zero attached hydrogens (tertiary/aromatic N) is 2. The van der Waals surface area contributed by atoms with E-state index in [-0.39, 0.29) is 0 Å². The summed E-state index contributed by atoms with van der Waals surface area (Å²) in [5.41, 5.74) is 1.28. The summed E-state index contributed by atoms with van der Waals surface area (Å²) in [6.07, 6.45) is -2.52. The summed E-state index contributed by atoms with van der Waals surface area (Å²) in [5, 5.41) is 7.55. The lowest BCUT2D eigenvalue weighted by atomic mass is 10.0. The standard InChI is InChI=1S/C15H18F3N3/c1-10(2)19-8-12-9-21(3)20-14(12)11-5-4-6-13(7-11)15(16,17)18/h4-7,9-10,19H,8H2,1-3H3. The highest BCUT2D eigenvalue weighted by atomic mass is 19.4. The molecule has 0 unspecified atom stereocenters. The molecule has 0 atom stereocenters. The maximum Gasteiger partial charge on any atom is 0.416 e. The van der Waals surface area contributed by atoms with Crippen LogP contribution in [0.25, 0.3) is 11.3 Å². The van der Waals surface area contributed by atoms with Crippen LogP contribution in [0.1, 0.15) is 25.0 Å². The van der Waals surface area contributed by atoms with Crippen molar-refractivity contribution in [2.24, 2.45) is 7.05 Å². The molecule has 0 fully saturated rings. The average Bonchev–Trinajstić information content (AvgIpc) is 2.77. The van der Waals surface area contributed by atoms with E-state index >= 15 is 0 Å². The van der Waals surface area contributed by atoms with E-state index in [9.17, 15) is 13.2 Å². The van der Waals surface area contributed by atoms with Gasteiger partial charge in [-0.15, -0.1) is 0 Å². The Morgan fingerprint density at radius 3 is 2.62 bits per heavy atom. The second kappa shape index (κ2) is 5.89. The number of hydrogen-bond acceptors (Lipinski definition) is 2. The van der Waals surface area contributed by atoms with Crippen molar-refractivity contribution in [2.75, 3.05) is 0 Å². The molecule has 0 spiro atoms. The molecule has 0 bridgehead atoms. The SMILES string of the molecule is CC(C)NCc1cn(C)nc1-c1cccc(C(F)(F)F)c1. The molecule has 21 heavy (non-hydrogen) atoms. The predicted octanol–water partition coefficient (Wildman–Crippen LogP) is 3.60. The Bertz CT molecular complexity index is 615. The molecular formula is C15H18F3N3. The van der Waals surface area contributed by atoms with Crippen LogP contribution in [-0.4, -0.2) is 15.8 Å². The van der Waals surface area contributed by atoms with Crippen LogP contribution in [0.15, 0.2) is 30.5 Å². The fourth-order valence-electron chi connectivity index (χ4n) is 2.07. The van der Waals surface area contributed by atoms with Crippen LogP contribution in [0, 0.1) is 0 Å². The van der Waals surface area contributed by atoms with Gasteiger partial charge in [-0.3, -0.25) is 4.68 Å². The van der Waals surface area contributed by atoms with Gasteiger partial charge < -0.3 is 5.32 Å². The largest absolute Gasteiger partial charge is 0.416 e. The Morgan fingerprint density at radius 2 is 2.00 bits per heavy atom. The molecule has 0 saturated carbocycles. The molecule has 1 aromatic carbocycles. The number of halogens is 3. The summed E-state index contributed by atoms with van der Waals surface area (Å²) in [7, 11) is 1.76. The Kier molecular flexibility index (Phi) is 4.37. The molecular weight excluding hydrogens is 279 g/mol. The number of benzene rings is 1. The van der Waals surface area contributed by atoms with Crippen LogP contribution in [0.2, 0.25) is 0 Å². The van der Waals surface area contributed by atoms with Crippen LogP contribution in [-0.2, 0) is 19.8 Å². The first-order valence-corrected chi connectivity index (χ1v) is 6.71. The van der Waals surface area contributed by atoms with Crippen LogP contribution >= 0.6 is 0 Å². The number of nitrogens with one attached hydrogen (secondary N) is 1. The molecule has 3 nitrogen and oxygen atoms in total. The lowest BCUT2D eigenvalue weighted by molar-refractivity contribution is -0.137. The van der Waals surface area contributed by atoms with Crippen molar-refractivity contribution < 1.29 is 13.2 Å². The smallest absolute Gasteiger partial charge is 0.310 e. The number of hydrogen-bond donors (Lipinski definition) is 1. The van der Waals surface area contributed by atoms with Gasteiger partial charge in [0.1, 0.15) is 0 Å². The van der Waals surface area contributed by atoms with Crippen LogP contribution in [0.4, 0.5) is 13.2 Å². The van der Waals surface area contributed by atoms with E-state index in [1.807, 2.05) is 20.0 Å². The molecule has 1 N–H and O–H groups in total. The number of aromatic nitrogens is 2. The lowest BCUT2D eigenvalue weighted by Gasteiger charge is -2.10. The third-order valence-corrected chi connectivity index (χ3v) is 3.07. The molecule has 0 aliphatic carbocycles. The van der Waals surface area contributed by atoms with E-state index in [0.717, 1.165) is 17.7 Å². The van der Waals surface area contributed by atoms with Crippen LogP contribution < -0.4 is 5.32 Å². The van der Waals surface area contributed by atoms with Crippen molar-refractivity contribution in [3.05, 3.63) is 41.6 Å². The quantitative estimate of drug-likeness (QED) is 0.934. The van der Waals surface area contributed by atoms with Gasteiger partial charge in [-0.05, 0) is 12.1 Å². The van der Waals surface area contributed by atoms with Crippen molar-refractivity contribution >= 4 is 0 Å². The molecule has 1 heterocycles. The molecule has 0 saturated heterocycles. The summed E-state index contributed by atoms with van der Waals surface area (Å²) in [5.74, 6) is 0. The molecule has 0 amide bonds. The van der Waals surface area contributed by atoms with Gasteiger partial charge >= 0.3 is 6.18 Å². The average molecular weight is 297 g/mol. The van der Waals surface area contributed by atoms with Gasteiger partial charge in [0.15, 0.2) is 0 Å². The number of rotatable bonds is 4. The van der Waals surface area contributed by atoms with Gasteiger partial charge in [0, 0.05) is 37.0 Å². The van der Waals surface area contributed by atoms with Gasteiger partial charge in [-0.25, -0.2) is 0 Å². The second-order valence-electron chi connectivity index (χ2n) is 5.29. The Balaban J connectivity index is 2.38. The number of alkyl halides is 3. The molecule has 0 radical (unpaired) electrons. The second-order valence-corrected chi connectivity index (χ2v) is 5.29. The minimum absolute atomic E-state index is 0.291. The highest BCUT2D eigenvalue weighted by Gasteiger charge is 2.30. The van der Waals surface area contributed by atoms with Crippen LogP contribution in [0.3, 0.4) is 0 Å². The molecule has 114 valence electrons. The Labute approximate surface area is 121 Å². The van der Waals surface area contributed by atoms with E-state index in [1.54, 1.807) is 17.8 Å². The zero-order valence-corrected chi connectivity index (χ0v) is 12.2. The summed E-state index contributed by atoms with van der Waals surface area (Å²) in [6.45, 7) is 4.59. The van der Waals surface area contributed by atoms with Gasteiger partial charge in [0.2, 0.25) is 0 Å². The summed E-state index contributed by atoms with van der Waals surface area (Å²) in [4.78, 5) is 0. The minimum Gasteiger partial charge on any atom is -0.310 e. The molecule has 6 heteroatoms. The first-order valence-electron chi connectivity index (χ1n) is 6.71. The minimum atomic E-state index is -4.35. The lowest BCUT2D eigenvalue weighted by Crippen LogP contribution is -2.21. The van der Waals surface area contributed by atoms with Gasteiger partial charge in [-0.2, -0.15) is 18.3 Å². The van der Waals surface area contributed by atoms with Gasteiger partial charge in [0.05, 0.1) is 11.3 Å². The van der Waals surface area contributed by atoms with E-state index in [1.165, 1.54) is 6.07 Å². The molecule has 1 aromatic heterocycles. The normalized spacial score (nSPS) is 12.1. The van der Waals surface area contributed by atoms with E-state index in [0.29, 0.717) is 23.8 Å². The van der Waals surface area contributed by atoms with Crippen molar-refractivity contribution in [3.8, 4) is 11.3 Å². The highest BCUT2D eigenvalue weighted by Crippen LogP contribution is 2.32. The summed E-state index contributed by atoms with van der Waals surface area (Å²) >= 11 is 0. The molecule has 0 aliphatic rings. The predicted molar refractivity (Wildman–Crippen MR) is 75.6 cm³/mol. The van der Waals surface area contributed by atoms with Gasteiger partial charge in [0.25, 0.3) is 0 Å². The zero-order chi connectivity index (χ0) is 15.6. The van der Waals surface area contributed by atoms with Crippen molar-refractivity contribution in [3.63, 3.8) is 0 Å². The maximum absolute atomic E-state index is 12.8. The maximum atomic E-state index is 12.8. The molecule has 2 aromatic rings. The van der Waals surface area contributed by atoms with Crippen molar-refractivity contribution in [1.82, 2.24) is 15.1 Å². The highest BCUT2D eigenvalue weighted by molar-refractivity contribution is 5.63. The van der Waals surface area contributed by atoms with E-state index in [4.69, 9.17) is 0 Å². The topological polar surface area (TPSA) is 29.9 Å². The summed E-state index contributed by atoms with van der Waals surface area (Å²) in [6, 6.07) is 5.56. The monoisotopic (exact) mass is 297 g/mol. The number of aryl methyl sites for hydroxylation is 1. The molecule has 0 aliphatic heterocycles. The Morgan fingerprint density at radius 1 is 1.29 bits per heavy atom. The summed E-state index contributed by atoms with van der Waals surface area (Å²) < 4.78 is 40.0. The zero-order valence-electron chi connectivity index (χ0n) is 12.2. The Hall–Kier alpha value is -1.82. The van der Waals surface area contributed by atoms with Gasteiger partial charge in [-0.1, -0.05) is 26.0 Å². The van der Waals surface area contributed by atoms with Crippen molar-refractivity contribution in [2.45, 2.75) is 32.6 Å². The third kappa shape index (κ3) is 3.85. The fraction of sp³-hybridized carbons (Fsp3) is 0.400. The molecule has 2 rings (SSSR count). The van der Waals surface area contributed by atoms with E-state index in [2.05, 4.69) is 10.4 Å². The first kappa shape index (κ1) is 15.6. The van der Waals surface area contributed by atoms with Crippen LogP contribution in [0.5, 0.6) is 0 Å². The van der Waals surface area contributed by atoms with E-state index < -0.39 is 11.7 Å². The first-order chi connectivity index (χ1) is 9.77.